The van der Waals surface area contributed by atoms with E-state index >= 15 is 0 Å². The molecule has 0 saturated heterocycles. The van der Waals surface area contributed by atoms with Crippen molar-refractivity contribution in [3.05, 3.63) is 57.6 Å². The first kappa shape index (κ1) is 17.6. The molecule has 2 aromatic rings. The van der Waals surface area contributed by atoms with Crippen LogP contribution in [-0.4, -0.2) is 19.5 Å². The lowest BCUT2D eigenvalue weighted by molar-refractivity contribution is 0.0697. The molecule has 0 spiro atoms. The average molecular weight is 374 g/mol. The van der Waals surface area contributed by atoms with Gasteiger partial charge in [-0.1, -0.05) is 42.3 Å². The zero-order valence-corrected chi connectivity index (χ0v) is 14.3. The molecule has 0 aromatic heterocycles. The van der Waals surface area contributed by atoms with E-state index in [1.54, 1.807) is 24.3 Å². The first-order chi connectivity index (χ1) is 10.7. The van der Waals surface area contributed by atoms with Gasteiger partial charge in [-0.2, -0.15) is 0 Å². The third kappa shape index (κ3) is 3.96. The Morgan fingerprint density at radius 2 is 1.74 bits per heavy atom. The van der Waals surface area contributed by atoms with Crippen molar-refractivity contribution in [3.63, 3.8) is 0 Å². The normalized spacial score (nSPS) is 11.3. The fourth-order valence-corrected chi connectivity index (χ4v) is 3.83. The summed E-state index contributed by atoms with van der Waals surface area (Å²) in [5.74, 6) is -1.34. The van der Waals surface area contributed by atoms with Gasteiger partial charge in [0.05, 0.1) is 15.6 Å². The maximum absolute atomic E-state index is 12.4. The van der Waals surface area contributed by atoms with Crippen molar-refractivity contribution < 1.29 is 18.3 Å². The number of aromatic carboxylic acids is 1. The minimum Gasteiger partial charge on any atom is -0.478 e. The van der Waals surface area contributed by atoms with Crippen LogP contribution in [0.3, 0.4) is 0 Å². The van der Waals surface area contributed by atoms with Gasteiger partial charge in [0, 0.05) is 5.69 Å². The number of benzene rings is 2. The Hall–Kier alpha value is -1.76. The van der Waals surface area contributed by atoms with Crippen LogP contribution in [0.15, 0.2) is 41.3 Å². The molecule has 0 amide bonds. The van der Waals surface area contributed by atoms with E-state index in [4.69, 9.17) is 28.3 Å². The largest absolute Gasteiger partial charge is 0.478 e. The van der Waals surface area contributed by atoms with E-state index in [0.717, 1.165) is 24.1 Å². The van der Waals surface area contributed by atoms with Gasteiger partial charge in [0.25, 0.3) is 10.0 Å². The molecule has 0 saturated carbocycles. The second kappa shape index (κ2) is 6.78. The predicted molar refractivity (Wildman–Crippen MR) is 90.0 cm³/mol. The number of rotatable bonds is 5. The van der Waals surface area contributed by atoms with Crippen LogP contribution >= 0.6 is 23.2 Å². The van der Waals surface area contributed by atoms with E-state index in [1.165, 1.54) is 0 Å². The van der Waals surface area contributed by atoms with E-state index in [1.807, 2.05) is 6.92 Å². The number of carbonyl (C=O) groups is 1. The molecule has 23 heavy (non-hydrogen) atoms. The number of aryl methyl sites for hydroxylation is 1. The van der Waals surface area contributed by atoms with Crippen LogP contribution in [-0.2, 0) is 16.4 Å². The van der Waals surface area contributed by atoms with Gasteiger partial charge in [-0.15, -0.1) is 0 Å². The fraction of sp³-hybridized carbons (Fsp3) is 0.133. The maximum atomic E-state index is 12.4. The van der Waals surface area contributed by atoms with Crippen LogP contribution in [0.25, 0.3) is 0 Å². The highest BCUT2D eigenvalue weighted by Gasteiger charge is 2.22. The highest BCUT2D eigenvalue weighted by atomic mass is 35.5. The molecule has 0 aliphatic rings. The standard InChI is InChI=1S/C15H13Cl2NO4S/c1-2-9-3-5-10(6-4-9)18-23(21,22)14-7-11(15(19)20)12(16)8-13(14)17/h3-8,18H,2H2,1H3,(H,19,20). The van der Waals surface area contributed by atoms with Crippen LogP contribution in [0.2, 0.25) is 10.0 Å². The van der Waals surface area contributed by atoms with E-state index in [-0.39, 0.29) is 20.5 Å². The summed E-state index contributed by atoms with van der Waals surface area (Å²) in [5.41, 5.74) is 1.08. The number of nitrogens with one attached hydrogen (secondary N) is 1. The lowest BCUT2D eigenvalue weighted by Gasteiger charge is -2.11. The van der Waals surface area contributed by atoms with Crippen molar-refractivity contribution >= 4 is 44.9 Å². The van der Waals surface area contributed by atoms with Crippen molar-refractivity contribution in [2.24, 2.45) is 0 Å². The van der Waals surface area contributed by atoms with E-state index < -0.39 is 16.0 Å². The molecule has 0 aliphatic heterocycles. The lowest BCUT2D eigenvalue weighted by atomic mass is 10.2. The summed E-state index contributed by atoms with van der Waals surface area (Å²) < 4.78 is 27.2. The molecule has 0 unspecified atom stereocenters. The first-order valence-electron chi connectivity index (χ1n) is 6.58. The quantitative estimate of drug-likeness (QED) is 0.827. The molecule has 8 heteroatoms. The molecular formula is C15H13Cl2NO4S. The number of hydrogen-bond acceptors (Lipinski definition) is 3. The molecule has 2 aromatic carbocycles. The summed E-state index contributed by atoms with van der Waals surface area (Å²) in [5, 5.41) is 8.77. The van der Waals surface area contributed by atoms with Crippen LogP contribution in [0.4, 0.5) is 5.69 Å². The zero-order valence-electron chi connectivity index (χ0n) is 12.0. The third-order valence-corrected chi connectivity index (χ3v) is 5.31. The molecule has 2 N–H and O–H groups in total. The molecule has 122 valence electrons. The second-order valence-corrected chi connectivity index (χ2v) is 7.19. The number of halogens is 2. The van der Waals surface area contributed by atoms with Crippen LogP contribution in [0.5, 0.6) is 0 Å². The maximum Gasteiger partial charge on any atom is 0.337 e. The van der Waals surface area contributed by atoms with Crippen molar-refractivity contribution in [1.29, 1.82) is 0 Å². The topological polar surface area (TPSA) is 83.5 Å². The minimum absolute atomic E-state index is 0.131. The summed E-state index contributed by atoms with van der Waals surface area (Å²) in [7, 11) is -4.04. The number of anilines is 1. The first-order valence-corrected chi connectivity index (χ1v) is 8.82. The predicted octanol–water partition coefficient (Wildman–Crippen LogP) is 4.05. The molecule has 0 heterocycles. The van der Waals surface area contributed by atoms with Gasteiger partial charge in [-0.3, -0.25) is 4.72 Å². The van der Waals surface area contributed by atoms with Gasteiger partial charge in [0.15, 0.2) is 0 Å². The van der Waals surface area contributed by atoms with Gasteiger partial charge in [-0.05, 0) is 36.2 Å². The highest BCUT2D eigenvalue weighted by Crippen LogP contribution is 2.30. The summed E-state index contributed by atoms with van der Waals surface area (Å²) >= 11 is 11.7. The van der Waals surface area contributed by atoms with Crippen molar-refractivity contribution in [1.82, 2.24) is 0 Å². The average Bonchev–Trinajstić information content (AvgIpc) is 2.46. The molecule has 0 aliphatic carbocycles. The Morgan fingerprint density at radius 3 is 2.26 bits per heavy atom. The van der Waals surface area contributed by atoms with Crippen molar-refractivity contribution in [2.75, 3.05) is 4.72 Å². The van der Waals surface area contributed by atoms with Crippen molar-refractivity contribution in [3.8, 4) is 0 Å². The van der Waals surface area contributed by atoms with E-state index in [9.17, 15) is 13.2 Å². The molecule has 0 atom stereocenters. The monoisotopic (exact) mass is 373 g/mol. The smallest absolute Gasteiger partial charge is 0.337 e. The summed E-state index contributed by atoms with van der Waals surface area (Å²) in [6, 6.07) is 8.88. The summed E-state index contributed by atoms with van der Waals surface area (Å²) in [6.45, 7) is 1.99. The van der Waals surface area contributed by atoms with Gasteiger partial charge in [0.1, 0.15) is 4.90 Å². The number of sulfonamides is 1. The molecule has 2 rings (SSSR count). The van der Waals surface area contributed by atoms with Crippen LogP contribution < -0.4 is 4.72 Å². The Kier molecular flexibility index (Phi) is 5.19. The highest BCUT2D eigenvalue weighted by molar-refractivity contribution is 7.92. The lowest BCUT2D eigenvalue weighted by Crippen LogP contribution is -2.14. The van der Waals surface area contributed by atoms with E-state index in [2.05, 4.69) is 4.72 Å². The van der Waals surface area contributed by atoms with Gasteiger partial charge < -0.3 is 5.11 Å². The Labute approximate surface area is 143 Å². The third-order valence-electron chi connectivity index (χ3n) is 3.16. The molecule has 0 radical (unpaired) electrons. The Balaban J connectivity index is 2.42. The van der Waals surface area contributed by atoms with E-state index in [0.29, 0.717) is 5.69 Å². The van der Waals surface area contributed by atoms with Crippen LogP contribution in [0.1, 0.15) is 22.8 Å². The molecule has 0 bridgehead atoms. The van der Waals surface area contributed by atoms with Crippen LogP contribution in [0, 0.1) is 0 Å². The number of carboxylic acids is 1. The van der Waals surface area contributed by atoms with Crippen molar-refractivity contribution in [2.45, 2.75) is 18.2 Å². The number of carboxylic acid groups (broad SMARTS) is 1. The minimum atomic E-state index is -4.04. The SMILES string of the molecule is CCc1ccc(NS(=O)(=O)c2cc(C(=O)O)c(Cl)cc2Cl)cc1. The van der Waals surface area contributed by atoms with Gasteiger partial charge >= 0.3 is 5.97 Å². The second-order valence-electron chi connectivity index (χ2n) is 4.72. The number of hydrogen-bond donors (Lipinski definition) is 2. The molecule has 5 nitrogen and oxygen atoms in total. The Bertz CT molecular complexity index is 849. The van der Waals surface area contributed by atoms with Gasteiger partial charge in [0.2, 0.25) is 0 Å². The zero-order chi connectivity index (χ0) is 17.2. The Morgan fingerprint density at radius 1 is 1.13 bits per heavy atom. The summed E-state index contributed by atoms with van der Waals surface area (Å²) in [6.07, 6.45) is 0.831. The molecule has 0 fully saturated rings. The summed E-state index contributed by atoms with van der Waals surface area (Å²) in [4.78, 5) is 10.8. The fourth-order valence-electron chi connectivity index (χ4n) is 1.92. The molecular weight excluding hydrogens is 361 g/mol. The van der Waals surface area contributed by atoms with Gasteiger partial charge in [-0.25, -0.2) is 13.2 Å².